The van der Waals surface area contributed by atoms with Gasteiger partial charge in [-0.15, -0.1) is 11.3 Å². The number of carbonyl (C=O) groups excluding carboxylic acids is 3. The molecule has 12 nitrogen and oxygen atoms in total. The second-order valence-electron chi connectivity index (χ2n) is 10.2. The molecule has 3 amide bonds. The molecule has 13 heteroatoms. The van der Waals surface area contributed by atoms with E-state index < -0.39 is 6.04 Å². The number of aryl methyl sites for hydroxylation is 2. The van der Waals surface area contributed by atoms with Crippen molar-refractivity contribution < 1.29 is 23.9 Å². The number of aromatic nitrogens is 4. The molecular weight excluding hydrogens is 546 g/mol. The van der Waals surface area contributed by atoms with Gasteiger partial charge >= 0.3 is 0 Å². The second-order valence-corrected chi connectivity index (χ2v) is 11.3. The Morgan fingerprint density at radius 1 is 1.22 bits per heavy atom. The van der Waals surface area contributed by atoms with Crippen LogP contribution in [0.4, 0.5) is 0 Å². The molecular formula is C28H37N7O5S. The van der Waals surface area contributed by atoms with E-state index in [2.05, 4.69) is 25.7 Å². The highest BCUT2D eigenvalue weighted by Crippen LogP contribution is 2.28. The first-order valence-corrected chi connectivity index (χ1v) is 14.5. The molecule has 1 aliphatic rings. The number of thiazole rings is 1. The van der Waals surface area contributed by atoms with E-state index in [0.29, 0.717) is 53.9 Å². The van der Waals surface area contributed by atoms with Gasteiger partial charge in [-0.1, -0.05) is 13.8 Å². The van der Waals surface area contributed by atoms with Crippen LogP contribution in [0.1, 0.15) is 59.0 Å². The van der Waals surface area contributed by atoms with E-state index in [1.807, 2.05) is 26.2 Å². The average Bonchev–Trinajstić information content (AvgIpc) is 3.51. The number of nitrogens with one attached hydrogen (secondary N) is 2. The quantitative estimate of drug-likeness (QED) is 0.477. The molecule has 3 heterocycles. The van der Waals surface area contributed by atoms with Crippen molar-refractivity contribution in [2.45, 2.75) is 53.1 Å². The van der Waals surface area contributed by atoms with Gasteiger partial charge in [0.2, 0.25) is 11.8 Å². The molecule has 2 bridgehead atoms. The normalized spacial score (nSPS) is 17.1. The van der Waals surface area contributed by atoms with Gasteiger partial charge in [0.25, 0.3) is 5.91 Å². The van der Waals surface area contributed by atoms with Crippen LogP contribution < -0.4 is 20.1 Å². The van der Waals surface area contributed by atoms with E-state index in [1.54, 1.807) is 29.8 Å². The molecule has 2 N–H and O–H groups in total. The summed E-state index contributed by atoms with van der Waals surface area (Å²) in [5, 5.41) is 13.2. The number of nitrogens with zero attached hydrogens (tertiary/aromatic N) is 5. The molecule has 0 saturated carbocycles. The Hall–Kier alpha value is -4.00. The fourth-order valence-corrected chi connectivity index (χ4v) is 5.20. The largest absolute Gasteiger partial charge is 0.493 e. The number of fused-ring (bicyclic) bond motifs is 3. The molecule has 1 aliphatic heterocycles. The van der Waals surface area contributed by atoms with Gasteiger partial charge in [0.15, 0.2) is 11.5 Å². The van der Waals surface area contributed by atoms with Crippen molar-refractivity contribution in [3.8, 4) is 11.5 Å². The summed E-state index contributed by atoms with van der Waals surface area (Å²) in [6.45, 7) is 8.73. The summed E-state index contributed by atoms with van der Waals surface area (Å²) in [5.74, 6) is 1.32. The van der Waals surface area contributed by atoms with E-state index >= 15 is 0 Å². The molecule has 1 aromatic carbocycles. The third-order valence-electron chi connectivity index (χ3n) is 6.63. The number of ether oxygens (including phenoxy) is 2. The summed E-state index contributed by atoms with van der Waals surface area (Å²) in [7, 11) is 1.54. The Kier molecular flexibility index (Phi) is 9.92. The summed E-state index contributed by atoms with van der Waals surface area (Å²) in [4.78, 5) is 50.0. The number of hydrogen-bond acceptors (Lipinski definition) is 9. The Balaban J connectivity index is 1.62. The maximum atomic E-state index is 13.3. The van der Waals surface area contributed by atoms with Crippen LogP contribution in [0.2, 0.25) is 0 Å². The van der Waals surface area contributed by atoms with E-state index in [-0.39, 0.29) is 49.8 Å². The number of methoxy groups -OCH3 is 1. The van der Waals surface area contributed by atoms with E-state index in [1.165, 1.54) is 23.3 Å². The molecule has 0 unspecified atom stereocenters. The SMILES string of the molecule is COc1ccc2cc1OCCn1nc(C)nc1[C@H](C(C)C)NC(=O)CN(C(=O)Cc1csc(C)n1)CCCNC2=O. The summed E-state index contributed by atoms with van der Waals surface area (Å²) in [6.07, 6.45) is 0.557. The number of benzene rings is 1. The van der Waals surface area contributed by atoms with Crippen molar-refractivity contribution in [2.75, 3.05) is 33.4 Å². The molecule has 220 valence electrons. The van der Waals surface area contributed by atoms with Gasteiger partial charge in [0, 0.05) is 24.0 Å². The van der Waals surface area contributed by atoms with Gasteiger partial charge < -0.3 is 25.0 Å². The highest BCUT2D eigenvalue weighted by Gasteiger charge is 2.27. The zero-order valence-corrected chi connectivity index (χ0v) is 24.9. The predicted molar refractivity (Wildman–Crippen MR) is 153 cm³/mol. The molecule has 0 fully saturated rings. The average molecular weight is 584 g/mol. The monoisotopic (exact) mass is 583 g/mol. The molecule has 1 atom stereocenters. The van der Waals surface area contributed by atoms with Crippen molar-refractivity contribution in [3.63, 3.8) is 0 Å². The van der Waals surface area contributed by atoms with E-state index in [9.17, 15) is 14.4 Å². The van der Waals surface area contributed by atoms with Crippen LogP contribution in [-0.4, -0.2) is 75.7 Å². The lowest BCUT2D eigenvalue weighted by molar-refractivity contribution is -0.136. The maximum Gasteiger partial charge on any atom is 0.251 e. The zero-order chi connectivity index (χ0) is 29.5. The second kappa shape index (κ2) is 13.6. The van der Waals surface area contributed by atoms with Crippen LogP contribution in [0.3, 0.4) is 0 Å². The molecule has 3 aromatic rings. The van der Waals surface area contributed by atoms with Gasteiger partial charge in [0.05, 0.1) is 43.4 Å². The van der Waals surface area contributed by atoms with Crippen LogP contribution in [0.25, 0.3) is 0 Å². The summed E-state index contributed by atoms with van der Waals surface area (Å²) < 4.78 is 13.2. The molecule has 41 heavy (non-hydrogen) atoms. The molecule has 4 rings (SSSR count). The Morgan fingerprint density at radius 2 is 2.02 bits per heavy atom. The third-order valence-corrected chi connectivity index (χ3v) is 7.45. The lowest BCUT2D eigenvalue weighted by Crippen LogP contribution is -2.44. The molecule has 0 aliphatic carbocycles. The summed E-state index contributed by atoms with van der Waals surface area (Å²) in [5.41, 5.74) is 1.09. The number of carbonyl (C=O) groups is 3. The molecule has 0 saturated heterocycles. The van der Waals surface area contributed by atoms with Crippen LogP contribution in [0.15, 0.2) is 23.6 Å². The first kappa shape index (κ1) is 30.0. The Labute approximate surface area is 243 Å². The van der Waals surface area contributed by atoms with Crippen molar-refractivity contribution >= 4 is 29.1 Å². The maximum absolute atomic E-state index is 13.3. The third kappa shape index (κ3) is 7.81. The minimum atomic E-state index is -0.433. The first-order chi connectivity index (χ1) is 19.6. The van der Waals surface area contributed by atoms with Gasteiger partial charge in [-0.2, -0.15) is 5.10 Å². The van der Waals surface area contributed by atoms with Gasteiger partial charge in [-0.25, -0.2) is 14.6 Å². The molecule has 2 aromatic heterocycles. The summed E-state index contributed by atoms with van der Waals surface area (Å²) in [6, 6.07) is 4.58. The summed E-state index contributed by atoms with van der Waals surface area (Å²) >= 11 is 1.48. The standard InChI is InChI=1S/C28H37N7O5S/c1-17(2)26-27-30-18(3)33-35(27)11-12-40-23-13-20(7-8-22(23)39-5)28(38)29-9-6-10-34(15-24(36)32-26)25(37)14-21-16-41-19(4)31-21/h7-8,13,16-17,26H,6,9-12,14-15H2,1-5H3,(H,29,38)(H,32,36)/t26-/m0/s1. The van der Waals surface area contributed by atoms with E-state index in [4.69, 9.17) is 9.47 Å². The van der Waals surface area contributed by atoms with Crippen LogP contribution in [-0.2, 0) is 22.6 Å². The van der Waals surface area contributed by atoms with E-state index in [0.717, 1.165) is 5.01 Å². The minimum absolute atomic E-state index is 0.00179. The number of amides is 3. The van der Waals surface area contributed by atoms with Crippen molar-refractivity contribution in [2.24, 2.45) is 5.92 Å². The zero-order valence-electron chi connectivity index (χ0n) is 24.1. The smallest absolute Gasteiger partial charge is 0.251 e. The predicted octanol–water partition coefficient (Wildman–Crippen LogP) is 2.46. The number of rotatable bonds is 4. The minimum Gasteiger partial charge on any atom is -0.493 e. The van der Waals surface area contributed by atoms with Crippen LogP contribution in [0.5, 0.6) is 11.5 Å². The molecule has 0 radical (unpaired) electrons. The topological polar surface area (TPSA) is 141 Å². The highest BCUT2D eigenvalue weighted by molar-refractivity contribution is 7.09. The lowest BCUT2D eigenvalue weighted by Gasteiger charge is -2.26. The van der Waals surface area contributed by atoms with Gasteiger partial charge in [-0.05, 0) is 44.4 Å². The van der Waals surface area contributed by atoms with Crippen LogP contribution >= 0.6 is 11.3 Å². The van der Waals surface area contributed by atoms with Crippen molar-refractivity contribution in [3.05, 3.63) is 51.5 Å². The Bertz CT molecular complexity index is 1390. The number of hydrogen-bond donors (Lipinski definition) is 2. The first-order valence-electron chi connectivity index (χ1n) is 13.6. The Morgan fingerprint density at radius 3 is 2.73 bits per heavy atom. The van der Waals surface area contributed by atoms with Crippen LogP contribution in [0, 0.1) is 19.8 Å². The van der Waals surface area contributed by atoms with Gasteiger partial charge in [0.1, 0.15) is 18.3 Å². The lowest BCUT2D eigenvalue weighted by atomic mass is 10.0. The fourth-order valence-electron chi connectivity index (χ4n) is 4.58. The fraction of sp³-hybridized carbons (Fsp3) is 0.500. The highest BCUT2D eigenvalue weighted by atomic mass is 32.1. The van der Waals surface area contributed by atoms with Gasteiger partial charge in [-0.3, -0.25) is 14.4 Å². The van der Waals surface area contributed by atoms with Crippen molar-refractivity contribution in [1.29, 1.82) is 0 Å². The molecule has 0 spiro atoms. The van der Waals surface area contributed by atoms with Crippen molar-refractivity contribution in [1.82, 2.24) is 35.3 Å².